The molecule has 3 aromatic rings. The van der Waals surface area contributed by atoms with E-state index in [4.69, 9.17) is 47.0 Å². The van der Waals surface area contributed by atoms with Gasteiger partial charge < -0.3 is 5.32 Å². The van der Waals surface area contributed by atoms with Gasteiger partial charge in [0.2, 0.25) is 5.91 Å². The summed E-state index contributed by atoms with van der Waals surface area (Å²) in [5.74, 6) is -0.492. The fourth-order valence-electron chi connectivity index (χ4n) is 3.12. The van der Waals surface area contributed by atoms with Crippen molar-refractivity contribution in [2.45, 2.75) is 12.8 Å². The number of carbonyl (C=O) groups excluding carboxylic acids is 2. The second-order valence-electron chi connectivity index (χ2n) is 7.20. The van der Waals surface area contributed by atoms with Crippen LogP contribution < -0.4 is 5.32 Å². The molecular formula is C23H16Cl3N3O2S3. The van der Waals surface area contributed by atoms with Crippen LogP contribution in [-0.2, 0) is 16.0 Å². The van der Waals surface area contributed by atoms with Crippen LogP contribution in [0, 0.1) is 0 Å². The number of halogens is 3. The Morgan fingerprint density at radius 2 is 1.94 bits per heavy atom. The van der Waals surface area contributed by atoms with Crippen LogP contribution in [0.25, 0.3) is 6.08 Å². The first kappa shape index (κ1) is 25.2. The predicted octanol–water partition coefficient (Wildman–Crippen LogP) is 6.92. The Balaban J connectivity index is 1.32. The summed E-state index contributed by atoms with van der Waals surface area (Å²) in [6.07, 6.45) is 4.08. The Kier molecular flexibility index (Phi) is 8.29. The van der Waals surface area contributed by atoms with Crippen LogP contribution in [0.3, 0.4) is 0 Å². The molecule has 2 heterocycles. The molecule has 174 valence electrons. The smallest absolute Gasteiger partial charge is 0.266 e. The molecule has 1 aliphatic rings. The number of hydrogen-bond donors (Lipinski definition) is 1. The monoisotopic (exact) mass is 567 g/mol. The van der Waals surface area contributed by atoms with Gasteiger partial charge >= 0.3 is 0 Å². The Labute approximate surface area is 225 Å². The van der Waals surface area contributed by atoms with Gasteiger partial charge in [-0.1, -0.05) is 83.0 Å². The number of amides is 2. The molecule has 1 aliphatic heterocycles. The van der Waals surface area contributed by atoms with E-state index in [9.17, 15) is 9.59 Å². The van der Waals surface area contributed by atoms with Crippen molar-refractivity contribution >= 4 is 97.5 Å². The number of hydrogen-bond acceptors (Lipinski definition) is 6. The van der Waals surface area contributed by atoms with Crippen LogP contribution in [0.4, 0.5) is 5.13 Å². The minimum Gasteiger partial charge on any atom is -0.302 e. The maximum absolute atomic E-state index is 12.8. The zero-order chi connectivity index (χ0) is 24.2. The number of benzene rings is 2. The highest BCUT2D eigenvalue weighted by Gasteiger charge is 2.32. The van der Waals surface area contributed by atoms with E-state index in [2.05, 4.69) is 10.3 Å². The number of thioether (sulfide) groups is 1. The maximum Gasteiger partial charge on any atom is 0.266 e. The first-order valence-electron chi connectivity index (χ1n) is 9.98. The first-order chi connectivity index (χ1) is 16.3. The van der Waals surface area contributed by atoms with Crippen molar-refractivity contribution in [3.63, 3.8) is 0 Å². The average Bonchev–Trinajstić information content (AvgIpc) is 3.33. The molecule has 11 heteroatoms. The number of anilines is 1. The normalized spacial score (nSPS) is 14.8. The lowest BCUT2D eigenvalue weighted by Gasteiger charge is -2.13. The number of nitrogens with zero attached hydrogens (tertiary/aromatic N) is 2. The van der Waals surface area contributed by atoms with Crippen LogP contribution in [0.1, 0.15) is 22.4 Å². The topological polar surface area (TPSA) is 62.3 Å². The third-order valence-corrected chi connectivity index (χ3v) is 8.03. The number of thiocarbonyl (C=S) groups is 1. The van der Waals surface area contributed by atoms with E-state index < -0.39 is 0 Å². The third-order valence-electron chi connectivity index (χ3n) is 4.81. The van der Waals surface area contributed by atoms with E-state index in [0.717, 1.165) is 16.0 Å². The lowest BCUT2D eigenvalue weighted by molar-refractivity contribution is -0.122. The Bertz CT molecular complexity index is 1310. The summed E-state index contributed by atoms with van der Waals surface area (Å²) in [4.78, 5) is 32.3. The molecule has 34 heavy (non-hydrogen) atoms. The number of aromatic nitrogens is 1. The van der Waals surface area contributed by atoms with Gasteiger partial charge in [-0.25, -0.2) is 4.98 Å². The summed E-state index contributed by atoms with van der Waals surface area (Å²) < 4.78 is 0.410. The summed E-state index contributed by atoms with van der Waals surface area (Å²) in [5, 5.41) is 4.97. The summed E-state index contributed by atoms with van der Waals surface area (Å²) in [6, 6.07) is 12.6. The second kappa shape index (κ2) is 11.2. The zero-order valence-corrected chi connectivity index (χ0v) is 22.1. The number of rotatable bonds is 7. The zero-order valence-electron chi connectivity index (χ0n) is 17.4. The Hall–Kier alpha value is -1.94. The van der Waals surface area contributed by atoms with Gasteiger partial charge in [0.05, 0.1) is 4.91 Å². The number of thiazole rings is 1. The summed E-state index contributed by atoms with van der Waals surface area (Å²) in [7, 11) is 0. The highest BCUT2D eigenvalue weighted by molar-refractivity contribution is 8.26. The molecule has 0 radical (unpaired) electrons. The van der Waals surface area contributed by atoms with Crippen LogP contribution >= 0.6 is 70.1 Å². The van der Waals surface area contributed by atoms with E-state index in [0.29, 0.717) is 35.8 Å². The third kappa shape index (κ3) is 6.19. The van der Waals surface area contributed by atoms with Gasteiger partial charge in [-0.05, 0) is 35.4 Å². The molecule has 2 aromatic carbocycles. The van der Waals surface area contributed by atoms with Gasteiger partial charge in [-0.3, -0.25) is 14.5 Å². The molecule has 4 rings (SSSR count). The molecule has 0 aliphatic carbocycles. The first-order valence-corrected chi connectivity index (χ1v) is 13.2. The van der Waals surface area contributed by atoms with Crippen molar-refractivity contribution < 1.29 is 9.59 Å². The lowest BCUT2D eigenvalue weighted by atomic mass is 10.1. The second-order valence-corrected chi connectivity index (χ2v) is 11.2. The van der Waals surface area contributed by atoms with E-state index in [-0.39, 0.29) is 24.8 Å². The quantitative estimate of drug-likeness (QED) is 0.247. The Morgan fingerprint density at radius 3 is 2.71 bits per heavy atom. The van der Waals surface area contributed by atoms with Crippen LogP contribution in [0.5, 0.6) is 0 Å². The van der Waals surface area contributed by atoms with Crippen molar-refractivity contribution in [2.75, 3.05) is 11.9 Å². The highest BCUT2D eigenvalue weighted by Crippen LogP contribution is 2.34. The molecule has 1 fully saturated rings. The van der Waals surface area contributed by atoms with E-state index in [1.807, 2.05) is 24.3 Å². The lowest BCUT2D eigenvalue weighted by Crippen LogP contribution is -2.31. The molecule has 2 amide bonds. The molecule has 1 saturated heterocycles. The van der Waals surface area contributed by atoms with Crippen LogP contribution in [0.15, 0.2) is 53.6 Å². The standard InChI is InChI=1S/C23H16Cl3N3O2S3/c24-15-6-5-14(18(26)11-15)9-16-12-27-22(33-16)28-20(30)7-8-29-21(31)19(34-23(29)32)10-13-3-1-2-4-17(13)25/h1-6,10-12H,7-9H2,(H,27,28,30). The van der Waals surface area contributed by atoms with Crippen molar-refractivity contribution in [3.05, 3.63) is 84.6 Å². The maximum atomic E-state index is 12.8. The van der Waals surface area contributed by atoms with Crippen LogP contribution in [-0.4, -0.2) is 32.6 Å². The largest absolute Gasteiger partial charge is 0.302 e. The van der Waals surface area contributed by atoms with Crippen molar-refractivity contribution in [3.8, 4) is 0 Å². The van der Waals surface area contributed by atoms with Gasteiger partial charge in [0.15, 0.2) is 5.13 Å². The molecule has 1 aromatic heterocycles. The molecular weight excluding hydrogens is 553 g/mol. The minimum atomic E-state index is -0.255. The summed E-state index contributed by atoms with van der Waals surface area (Å²) >= 11 is 26.3. The SMILES string of the molecule is O=C(CCN1C(=O)C(=Cc2ccccc2Cl)SC1=S)Nc1ncc(Cc2ccc(Cl)cc2Cl)s1. The molecule has 0 spiro atoms. The van der Waals surface area contributed by atoms with Gasteiger partial charge in [0, 0.05) is 45.5 Å². The fraction of sp³-hybridized carbons (Fsp3) is 0.130. The van der Waals surface area contributed by atoms with E-state index in [1.54, 1.807) is 30.5 Å². The number of carbonyl (C=O) groups is 2. The molecule has 0 unspecified atom stereocenters. The minimum absolute atomic E-state index is 0.0870. The molecule has 0 atom stereocenters. The van der Waals surface area contributed by atoms with Gasteiger partial charge in [-0.2, -0.15) is 0 Å². The van der Waals surface area contributed by atoms with Crippen molar-refractivity contribution in [1.29, 1.82) is 0 Å². The predicted molar refractivity (Wildman–Crippen MR) is 146 cm³/mol. The van der Waals surface area contributed by atoms with Crippen molar-refractivity contribution in [2.24, 2.45) is 0 Å². The summed E-state index contributed by atoms with van der Waals surface area (Å²) in [5.41, 5.74) is 1.66. The molecule has 1 N–H and O–H groups in total. The average molecular weight is 569 g/mol. The molecule has 5 nitrogen and oxygen atoms in total. The summed E-state index contributed by atoms with van der Waals surface area (Å²) in [6.45, 7) is 0.176. The highest BCUT2D eigenvalue weighted by atomic mass is 35.5. The van der Waals surface area contributed by atoms with Crippen molar-refractivity contribution in [1.82, 2.24) is 9.88 Å². The van der Waals surface area contributed by atoms with E-state index >= 15 is 0 Å². The van der Waals surface area contributed by atoms with Gasteiger partial charge in [0.25, 0.3) is 5.91 Å². The molecule has 0 bridgehead atoms. The van der Waals surface area contributed by atoms with Gasteiger partial charge in [-0.15, -0.1) is 11.3 Å². The van der Waals surface area contributed by atoms with E-state index in [1.165, 1.54) is 28.0 Å². The van der Waals surface area contributed by atoms with Gasteiger partial charge in [0.1, 0.15) is 4.32 Å². The van der Waals surface area contributed by atoms with Crippen LogP contribution in [0.2, 0.25) is 15.1 Å². The molecule has 0 saturated carbocycles. The fourth-order valence-corrected chi connectivity index (χ4v) is 5.94. The Morgan fingerprint density at radius 1 is 1.15 bits per heavy atom. The number of nitrogens with one attached hydrogen (secondary N) is 1.